The van der Waals surface area contributed by atoms with Crippen LogP contribution in [-0.2, 0) is 42.0 Å². The van der Waals surface area contributed by atoms with Crippen molar-refractivity contribution in [1.82, 2.24) is 20.2 Å². The number of aliphatic hydroxyl groups excluding tert-OH is 2. The number of rotatable bonds is 13. The van der Waals surface area contributed by atoms with Gasteiger partial charge in [0.25, 0.3) is 11.5 Å². The predicted molar refractivity (Wildman–Crippen MR) is 131 cm³/mol. The van der Waals surface area contributed by atoms with Crippen LogP contribution in [-0.4, -0.2) is 97.0 Å². The van der Waals surface area contributed by atoms with Gasteiger partial charge in [-0.15, -0.1) is 0 Å². The van der Waals surface area contributed by atoms with Gasteiger partial charge in [0.1, 0.15) is 12.2 Å². The Labute approximate surface area is 225 Å². The van der Waals surface area contributed by atoms with Gasteiger partial charge in [-0.2, -0.15) is 0 Å². The standard InChI is InChI=1S/C19H30N4O15P2/c1-4-35-17(29)19(39(31,32)33,40(34,36-5-2)37-6-3)22-11(25)9-20-15(28)14-12(26)13(27)16(38-14)23-8-7-10(24)21-18(23)30/h7-8,12-14,16,26-27H,4-6,9H2,1-3H3,(H,20,28)(H,22,25)(H,21,24,30)(H2,31,32,33)/t12-,13+,14+,16-,19?/m1/s1. The molecule has 0 radical (unpaired) electrons. The van der Waals surface area contributed by atoms with Crippen LogP contribution >= 0.6 is 15.2 Å². The molecule has 1 fully saturated rings. The number of hydrogen-bond acceptors (Lipinski definition) is 13. The zero-order chi connectivity index (χ0) is 30.5. The maximum atomic E-state index is 13.5. The van der Waals surface area contributed by atoms with Gasteiger partial charge in [-0.1, -0.05) is 0 Å². The number of ether oxygens (including phenoxy) is 2. The summed E-state index contributed by atoms with van der Waals surface area (Å²) in [5.41, 5.74) is -1.79. The Balaban J connectivity index is 2.29. The van der Waals surface area contributed by atoms with E-state index in [4.69, 9.17) is 13.8 Å². The topological polar surface area (TPSA) is 282 Å². The normalized spacial score (nSPS) is 22.8. The van der Waals surface area contributed by atoms with Crippen molar-refractivity contribution in [2.45, 2.75) is 50.3 Å². The molecule has 1 unspecified atom stereocenters. The molecular weight excluding hydrogens is 586 g/mol. The molecule has 2 amide bonds. The van der Waals surface area contributed by atoms with Crippen LogP contribution in [0.1, 0.15) is 27.0 Å². The quantitative estimate of drug-likeness (QED) is 0.0861. The van der Waals surface area contributed by atoms with Crippen molar-refractivity contribution in [3.8, 4) is 0 Å². The molecule has 0 bridgehead atoms. The van der Waals surface area contributed by atoms with E-state index in [-0.39, 0.29) is 0 Å². The van der Waals surface area contributed by atoms with Crippen molar-refractivity contribution in [2.75, 3.05) is 26.4 Å². The first-order valence-electron chi connectivity index (χ1n) is 11.6. The highest BCUT2D eigenvalue weighted by Crippen LogP contribution is 2.72. The van der Waals surface area contributed by atoms with E-state index < -0.39 is 100 Å². The molecule has 1 aliphatic rings. The van der Waals surface area contributed by atoms with Crippen molar-refractivity contribution >= 4 is 33.0 Å². The highest BCUT2D eigenvalue weighted by molar-refractivity contribution is 7.75. The fourth-order valence-corrected chi connectivity index (χ4v) is 7.49. The monoisotopic (exact) mass is 616 g/mol. The molecule has 0 aromatic carbocycles. The Morgan fingerprint density at radius 2 is 1.68 bits per heavy atom. The summed E-state index contributed by atoms with van der Waals surface area (Å²) in [5.74, 6) is -4.55. The van der Waals surface area contributed by atoms with Crippen LogP contribution in [0.15, 0.2) is 21.9 Å². The number of H-pyrrole nitrogens is 1. The van der Waals surface area contributed by atoms with E-state index in [9.17, 15) is 53.1 Å². The average Bonchev–Trinajstić information content (AvgIpc) is 3.14. The van der Waals surface area contributed by atoms with Gasteiger partial charge in [0.2, 0.25) is 5.91 Å². The molecule has 1 saturated heterocycles. The molecule has 2 rings (SSSR count). The highest BCUT2D eigenvalue weighted by atomic mass is 31.2. The number of hydrogen-bond donors (Lipinski definition) is 7. The van der Waals surface area contributed by atoms with Crippen LogP contribution in [0, 0.1) is 0 Å². The van der Waals surface area contributed by atoms with Crippen molar-refractivity contribution in [3.05, 3.63) is 33.1 Å². The van der Waals surface area contributed by atoms with Crippen LogP contribution in [0.25, 0.3) is 0 Å². The SMILES string of the molecule is CCOC(=O)C(NC(=O)CNC(=O)[C@H]1O[C@@H](n2ccc(=O)[nH]c2=O)[C@@H](O)[C@H]1O)(P(=O)(O)O)P(=O)(OCC)OCC. The molecular formula is C19H30N4O15P2. The van der Waals surface area contributed by atoms with Gasteiger partial charge in [0.05, 0.1) is 26.4 Å². The van der Waals surface area contributed by atoms with Crippen LogP contribution in [0.3, 0.4) is 0 Å². The Kier molecular flexibility index (Phi) is 11.1. The summed E-state index contributed by atoms with van der Waals surface area (Å²) in [6.07, 6.45) is -6.33. The smallest absolute Gasteiger partial charge is 0.380 e. The lowest BCUT2D eigenvalue weighted by molar-refractivity contribution is -0.147. The molecule has 1 aromatic rings. The minimum atomic E-state index is -5.95. The van der Waals surface area contributed by atoms with Gasteiger partial charge < -0.3 is 49.2 Å². The Hall–Kier alpha value is -2.73. The summed E-state index contributed by atoms with van der Waals surface area (Å²) in [4.78, 5) is 83.6. The Bertz CT molecular complexity index is 1300. The van der Waals surface area contributed by atoms with Crippen LogP contribution in [0.5, 0.6) is 0 Å². The third kappa shape index (κ3) is 6.59. The number of nitrogens with one attached hydrogen (secondary N) is 3. The highest BCUT2D eigenvalue weighted by Gasteiger charge is 2.71. The summed E-state index contributed by atoms with van der Waals surface area (Å²) in [7, 11) is -11.1. The van der Waals surface area contributed by atoms with E-state index in [1.165, 1.54) is 20.8 Å². The summed E-state index contributed by atoms with van der Waals surface area (Å²) in [6, 6.07) is 0.918. The van der Waals surface area contributed by atoms with Gasteiger partial charge in [0.15, 0.2) is 12.3 Å². The largest absolute Gasteiger partial charge is 0.463 e. The second-order valence-electron chi connectivity index (χ2n) is 7.98. The van der Waals surface area contributed by atoms with E-state index in [1.54, 1.807) is 5.32 Å². The van der Waals surface area contributed by atoms with Gasteiger partial charge in [-0.25, -0.2) is 9.59 Å². The molecule has 19 nitrogen and oxygen atoms in total. The first-order chi connectivity index (χ1) is 18.6. The van der Waals surface area contributed by atoms with E-state index >= 15 is 0 Å². The third-order valence-corrected chi connectivity index (χ3v) is 10.3. The third-order valence-electron chi connectivity index (χ3n) is 5.33. The number of aromatic nitrogens is 2. The minimum Gasteiger partial charge on any atom is -0.463 e. The van der Waals surface area contributed by atoms with Crippen LogP contribution in [0.4, 0.5) is 0 Å². The number of esters is 1. The first-order valence-corrected chi connectivity index (χ1v) is 14.8. The van der Waals surface area contributed by atoms with Gasteiger partial charge in [-0.3, -0.25) is 33.1 Å². The van der Waals surface area contributed by atoms with E-state index in [0.29, 0.717) is 4.57 Å². The first kappa shape index (κ1) is 33.5. The van der Waals surface area contributed by atoms with Crippen LogP contribution < -0.4 is 21.9 Å². The molecule has 226 valence electrons. The van der Waals surface area contributed by atoms with Crippen LogP contribution in [0.2, 0.25) is 0 Å². The summed E-state index contributed by atoms with van der Waals surface area (Å²) < 4.78 is 46.6. The molecule has 21 heteroatoms. The molecule has 0 saturated carbocycles. The zero-order valence-electron chi connectivity index (χ0n) is 21.4. The number of carbonyl (C=O) groups excluding carboxylic acids is 3. The van der Waals surface area contributed by atoms with Gasteiger partial charge in [-0.05, 0) is 20.8 Å². The van der Waals surface area contributed by atoms with E-state index in [0.717, 1.165) is 12.3 Å². The fraction of sp³-hybridized carbons (Fsp3) is 0.632. The molecule has 40 heavy (non-hydrogen) atoms. The molecule has 7 N–H and O–H groups in total. The lowest BCUT2D eigenvalue weighted by Gasteiger charge is -2.36. The summed E-state index contributed by atoms with van der Waals surface area (Å²) in [6.45, 7) is 1.30. The molecule has 2 heterocycles. The lowest BCUT2D eigenvalue weighted by Crippen LogP contribution is -2.57. The number of carbonyl (C=O) groups is 3. The maximum absolute atomic E-state index is 13.5. The van der Waals surface area contributed by atoms with Crippen molar-refractivity contribution in [2.24, 2.45) is 0 Å². The minimum absolute atomic E-state index is 0.454. The molecule has 1 aromatic heterocycles. The summed E-state index contributed by atoms with van der Waals surface area (Å²) >= 11 is 0. The van der Waals surface area contributed by atoms with Crippen molar-refractivity contribution in [1.29, 1.82) is 0 Å². The van der Waals surface area contributed by atoms with E-state index in [2.05, 4.69) is 4.74 Å². The number of amides is 2. The summed E-state index contributed by atoms with van der Waals surface area (Å²) in [5, 5.41) is 20.5. The Morgan fingerprint density at radius 3 is 2.17 bits per heavy atom. The second-order valence-corrected chi connectivity index (χ2v) is 12.3. The number of nitrogens with zero attached hydrogens (tertiary/aromatic N) is 1. The zero-order valence-corrected chi connectivity index (χ0v) is 23.2. The second kappa shape index (κ2) is 13.3. The Morgan fingerprint density at radius 1 is 1.07 bits per heavy atom. The molecule has 1 aliphatic heterocycles. The van der Waals surface area contributed by atoms with Gasteiger partial charge in [0, 0.05) is 12.3 Å². The maximum Gasteiger partial charge on any atom is 0.380 e. The average molecular weight is 616 g/mol. The number of aliphatic hydroxyl groups is 2. The molecule has 0 spiro atoms. The van der Waals surface area contributed by atoms with E-state index in [1.807, 2.05) is 10.3 Å². The predicted octanol–water partition coefficient (Wildman–Crippen LogP) is -2.95. The molecule has 5 atom stereocenters. The molecule has 0 aliphatic carbocycles. The lowest BCUT2D eigenvalue weighted by atomic mass is 10.1. The van der Waals surface area contributed by atoms with Crippen molar-refractivity contribution in [3.63, 3.8) is 0 Å². The van der Waals surface area contributed by atoms with Crippen molar-refractivity contribution < 1.29 is 62.0 Å². The van der Waals surface area contributed by atoms with Gasteiger partial charge >= 0.3 is 31.9 Å². The number of aromatic amines is 1. The fourth-order valence-electron chi connectivity index (χ4n) is 3.62.